The molecule has 1 aliphatic heterocycles. The summed E-state index contributed by atoms with van der Waals surface area (Å²) >= 11 is 0. The predicted octanol–water partition coefficient (Wildman–Crippen LogP) is 2.95. The average molecular weight is 432 g/mol. The van der Waals surface area contributed by atoms with Crippen LogP contribution < -0.4 is 5.32 Å². The molecule has 1 aromatic rings. The van der Waals surface area contributed by atoms with Crippen LogP contribution in [0.1, 0.15) is 83.4 Å². The Hall–Kier alpha value is -1.89. The van der Waals surface area contributed by atoms with E-state index in [1.165, 1.54) is 0 Å². The smallest absolute Gasteiger partial charge is 0.270 e. The number of rotatable bonds is 5. The molecule has 7 heteroatoms. The van der Waals surface area contributed by atoms with Gasteiger partial charge in [-0.3, -0.25) is 14.3 Å². The quantitative estimate of drug-likeness (QED) is 0.778. The topological polar surface area (TPSA) is 70.5 Å². The van der Waals surface area contributed by atoms with Crippen LogP contribution >= 0.6 is 0 Å². The molecule has 31 heavy (non-hydrogen) atoms. The van der Waals surface area contributed by atoms with Crippen molar-refractivity contribution in [1.29, 1.82) is 0 Å². The van der Waals surface area contributed by atoms with Gasteiger partial charge in [0, 0.05) is 37.1 Å². The van der Waals surface area contributed by atoms with Crippen molar-refractivity contribution in [2.45, 2.75) is 96.8 Å². The largest absolute Gasteiger partial charge is 0.339 e. The van der Waals surface area contributed by atoms with E-state index < -0.39 is 6.04 Å². The first-order chi connectivity index (χ1) is 14.4. The van der Waals surface area contributed by atoms with Crippen molar-refractivity contribution in [3.8, 4) is 0 Å². The third-order valence-electron chi connectivity index (χ3n) is 7.31. The molecule has 3 rings (SSSR count). The molecule has 0 aromatic carbocycles. The van der Waals surface area contributed by atoms with E-state index in [9.17, 15) is 9.59 Å². The van der Waals surface area contributed by atoms with Crippen LogP contribution in [0.25, 0.3) is 0 Å². The first-order valence-electron chi connectivity index (χ1n) is 11.8. The Kier molecular flexibility index (Phi) is 6.84. The van der Waals surface area contributed by atoms with E-state index in [4.69, 9.17) is 0 Å². The van der Waals surface area contributed by atoms with Gasteiger partial charge in [-0.2, -0.15) is 5.10 Å². The Morgan fingerprint density at radius 1 is 1.26 bits per heavy atom. The van der Waals surface area contributed by atoms with E-state index in [0.717, 1.165) is 31.5 Å². The molecule has 2 heterocycles. The zero-order valence-corrected chi connectivity index (χ0v) is 20.6. The number of hydrogen-bond donors (Lipinski definition) is 1. The molecular weight excluding hydrogens is 390 g/mol. The van der Waals surface area contributed by atoms with Crippen LogP contribution in [-0.2, 0) is 17.3 Å². The van der Waals surface area contributed by atoms with Crippen LogP contribution in [0.4, 0.5) is 0 Å². The Morgan fingerprint density at radius 3 is 2.48 bits per heavy atom. The molecule has 0 spiro atoms. The second-order valence-corrected chi connectivity index (χ2v) is 10.9. The summed E-state index contributed by atoms with van der Waals surface area (Å²) in [5.74, 6) is 0.310. The second kappa shape index (κ2) is 8.93. The maximum Gasteiger partial charge on any atom is 0.270 e. The molecule has 174 valence electrons. The van der Waals surface area contributed by atoms with Crippen molar-refractivity contribution in [3.63, 3.8) is 0 Å². The molecule has 0 radical (unpaired) electrons. The third-order valence-corrected chi connectivity index (χ3v) is 7.31. The zero-order chi connectivity index (χ0) is 23.1. The minimum atomic E-state index is -0.441. The number of aryl methyl sites for hydroxylation is 1. The Labute approximate surface area is 187 Å². The van der Waals surface area contributed by atoms with Crippen molar-refractivity contribution in [3.05, 3.63) is 17.5 Å². The lowest BCUT2D eigenvalue weighted by Crippen LogP contribution is -2.51. The number of likely N-dealkylation sites (tertiary alicyclic amines) is 1. The highest BCUT2D eigenvalue weighted by Crippen LogP contribution is 2.33. The molecule has 2 amide bonds. The summed E-state index contributed by atoms with van der Waals surface area (Å²) in [5.41, 5.74) is 1.24. The molecule has 1 N–H and O–H groups in total. The summed E-state index contributed by atoms with van der Waals surface area (Å²) < 4.78 is 1.61. The fourth-order valence-electron chi connectivity index (χ4n) is 5.05. The number of carbonyl (C=O) groups excluding carboxylic acids is 2. The first kappa shape index (κ1) is 23.8. The molecule has 4 atom stereocenters. The molecule has 1 saturated carbocycles. The van der Waals surface area contributed by atoms with Crippen molar-refractivity contribution in [1.82, 2.24) is 24.9 Å². The Morgan fingerprint density at radius 2 is 1.94 bits per heavy atom. The fourth-order valence-corrected chi connectivity index (χ4v) is 5.05. The number of nitrogens with zero attached hydrogens (tertiary/aromatic N) is 4. The fraction of sp³-hybridized carbons (Fsp3) is 0.792. The van der Waals surface area contributed by atoms with Crippen LogP contribution in [0.5, 0.6) is 0 Å². The summed E-state index contributed by atoms with van der Waals surface area (Å²) in [6.45, 7) is 13.7. The van der Waals surface area contributed by atoms with Gasteiger partial charge in [-0.25, -0.2) is 0 Å². The molecule has 0 bridgehead atoms. The van der Waals surface area contributed by atoms with E-state index in [2.05, 4.69) is 63.9 Å². The highest BCUT2D eigenvalue weighted by atomic mass is 16.2. The van der Waals surface area contributed by atoms with Gasteiger partial charge in [-0.15, -0.1) is 0 Å². The molecule has 2 fully saturated rings. The summed E-state index contributed by atoms with van der Waals surface area (Å²) in [4.78, 5) is 30.5. The number of hydrogen-bond acceptors (Lipinski definition) is 4. The molecule has 1 unspecified atom stereocenters. The van der Waals surface area contributed by atoms with Crippen LogP contribution in [0.15, 0.2) is 6.07 Å². The van der Waals surface area contributed by atoms with Crippen molar-refractivity contribution in [2.24, 2.45) is 13.0 Å². The summed E-state index contributed by atoms with van der Waals surface area (Å²) in [5, 5.41) is 7.46. The highest BCUT2D eigenvalue weighted by Gasteiger charge is 2.41. The van der Waals surface area contributed by atoms with Gasteiger partial charge < -0.3 is 15.1 Å². The third kappa shape index (κ3) is 4.97. The van der Waals surface area contributed by atoms with E-state index in [1.807, 2.05) is 11.0 Å². The molecule has 2 aliphatic rings. The van der Waals surface area contributed by atoms with Crippen molar-refractivity contribution in [2.75, 3.05) is 13.6 Å². The van der Waals surface area contributed by atoms with Gasteiger partial charge in [0.1, 0.15) is 11.7 Å². The highest BCUT2D eigenvalue weighted by molar-refractivity contribution is 5.97. The van der Waals surface area contributed by atoms with Gasteiger partial charge >= 0.3 is 0 Å². The van der Waals surface area contributed by atoms with Crippen LogP contribution in [0.3, 0.4) is 0 Å². The average Bonchev–Trinajstić information content (AvgIpc) is 3.24. The number of aromatic nitrogens is 2. The molecule has 7 nitrogen and oxygen atoms in total. The van der Waals surface area contributed by atoms with Crippen LogP contribution in [0, 0.1) is 5.92 Å². The van der Waals surface area contributed by atoms with Crippen molar-refractivity contribution < 1.29 is 9.59 Å². The predicted molar refractivity (Wildman–Crippen MR) is 123 cm³/mol. The molecule has 1 aliphatic carbocycles. The molecule has 1 aromatic heterocycles. The van der Waals surface area contributed by atoms with Gasteiger partial charge in [0.25, 0.3) is 5.91 Å². The van der Waals surface area contributed by atoms with Gasteiger partial charge in [0.15, 0.2) is 0 Å². The van der Waals surface area contributed by atoms with Gasteiger partial charge in [0.2, 0.25) is 5.91 Å². The first-order valence-corrected chi connectivity index (χ1v) is 11.8. The lowest BCUT2D eigenvalue weighted by Gasteiger charge is -2.43. The van der Waals surface area contributed by atoms with Gasteiger partial charge in [-0.1, -0.05) is 27.7 Å². The minimum absolute atomic E-state index is 0.0686. The van der Waals surface area contributed by atoms with Crippen molar-refractivity contribution >= 4 is 11.8 Å². The van der Waals surface area contributed by atoms with Gasteiger partial charge in [0.05, 0.1) is 5.69 Å². The maximum atomic E-state index is 13.2. The Balaban J connectivity index is 1.62. The molecular formula is C24H41N5O2. The van der Waals surface area contributed by atoms with E-state index in [0.29, 0.717) is 30.1 Å². The standard InChI is InChI=1S/C24H41N5O2/c1-15(2)27(7)17-9-10-19(16(3)13-17)29-12-11-18(23(29)31)25-22(30)20-14-21(24(4,5)6)26-28(20)8/h14-19H,9-13H2,1-8H3,(H,25,30)/t16-,17-,18?,19+/m1/s1. The maximum absolute atomic E-state index is 13.2. The second-order valence-electron chi connectivity index (χ2n) is 10.9. The minimum Gasteiger partial charge on any atom is -0.339 e. The lowest BCUT2D eigenvalue weighted by molar-refractivity contribution is -0.133. The van der Waals surface area contributed by atoms with Crippen LogP contribution in [0.2, 0.25) is 0 Å². The normalized spacial score (nSPS) is 27.4. The summed E-state index contributed by atoms with van der Waals surface area (Å²) in [6.07, 6.45) is 3.94. The van der Waals surface area contributed by atoms with E-state index in [1.54, 1.807) is 11.7 Å². The summed E-state index contributed by atoms with van der Waals surface area (Å²) in [7, 11) is 3.99. The molecule has 1 saturated heterocycles. The zero-order valence-electron chi connectivity index (χ0n) is 20.6. The number of nitrogens with one attached hydrogen (secondary N) is 1. The SMILES string of the molecule is CC(C)N(C)[C@@H]1CC[C@H](N2CCC(NC(=O)c3cc(C(C)(C)C)nn3C)C2=O)[C@H](C)C1. The number of amides is 2. The van der Waals surface area contributed by atoms with Crippen LogP contribution in [-0.4, -0.2) is 69.2 Å². The summed E-state index contributed by atoms with van der Waals surface area (Å²) in [6, 6.07) is 2.79. The number of carbonyl (C=O) groups is 2. The lowest BCUT2D eigenvalue weighted by atomic mass is 9.81. The van der Waals surface area contributed by atoms with E-state index >= 15 is 0 Å². The van der Waals surface area contributed by atoms with E-state index in [-0.39, 0.29) is 23.3 Å². The van der Waals surface area contributed by atoms with Gasteiger partial charge in [-0.05, 0) is 58.6 Å². The Bertz CT molecular complexity index is 809. The monoisotopic (exact) mass is 431 g/mol.